The fourth-order valence-electron chi connectivity index (χ4n) is 2.05. The van der Waals surface area contributed by atoms with E-state index in [9.17, 15) is 14.3 Å². The van der Waals surface area contributed by atoms with Gasteiger partial charge in [0.05, 0.1) is 0 Å². The third kappa shape index (κ3) is 2.86. The monoisotopic (exact) mass is 255 g/mol. The van der Waals surface area contributed by atoms with Crippen LogP contribution in [0, 0.1) is 11.7 Å². The Hall–Kier alpha value is -1.46. The number of carboxylic acid groups (broad SMARTS) is 1. The molecule has 0 spiro atoms. The van der Waals surface area contributed by atoms with Gasteiger partial charge >= 0.3 is 5.97 Å². The molecule has 0 bridgehead atoms. The number of nitrogens with two attached hydrogens (primary N) is 1. The van der Waals surface area contributed by atoms with Gasteiger partial charge in [-0.05, 0) is 30.0 Å². The average Bonchev–Trinajstić information content (AvgIpc) is 2.36. The molecule has 18 heavy (non-hydrogen) atoms. The summed E-state index contributed by atoms with van der Waals surface area (Å²) < 4.78 is 12.9. The molecule has 1 aromatic carbocycles. The first kappa shape index (κ1) is 14.6. The highest BCUT2D eigenvalue weighted by Gasteiger charge is 2.40. The molecule has 0 saturated carbocycles. The lowest BCUT2D eigenvalue weighted by Crippen LogP contribution is -2.44. The van der Waals surface area contributed by atoms with Gasteiger partial charge in [-0.15, -0.1) is 0 Å². The molecule has 0 aliphatic heterocycles. The Labute approximate surface area is 105 Å². The zero-order chi connectivity index (χ0) is 13.8. The van der Waals surface area contributed by atoms with E-state index in [0.717, 1.165) is 0 Å². The van der Waals surface area contributed by atoms with Gasteiger partial charge in [0.25, 0.3) is 0 Å². The normalized spacial score (nSPS) is 16.0. The minimum Gasteiger partial charge on any atom is -0.481 e. The molecule has 0 aliphatic rings. The van der Waals surface area contributed by atoms with E-state index in [1.54, 1.807) is 6.92 Å². The summed E-state index contributed by atoms with van der Waals surface area (Å²) in [6.45, 7) is 1.53. The number of hydrogen-bond acceptors (Lipinski definition) is 3. The van der Waals surface area contributed by atoms with Crippen LogP contribution in [0.5, 0.6) is 0 Å². The summed E-state index contributed by atoms with van der Waals surface area (Å²) in [7, 11) is 0. The molecule has 0 saturated heterocycles. The van der Waals surface area contributed by atoms with Crippen molar-refractivity contribution in [3.05, 3.63) is 35.6 Å². The summed E-state index contributed by atoms with van der Waals surface area (Å²) in [4.78, 5) is 11.5. The zero-order valence-corrected chi connectivity index (χ0v) is 10.3. The van der Waals surface area contributed by atoms with Crippen molar-refractivity contribution in [1.29, 1.82) is 0 Å². The van der Waals surface area contributed by atoms with E-state index in [2.05, 4.69) is 0 Å². The van der Waals surface area contributed by atoms with Gasteiger partial charge in [0.15, 0.2) is 0 Å². The molecule has 0 fully saturated rings. The first-order valence-electron chi connectivity index (χ1n) is 5.76. The average molecular weight is 255 g/mol. The summed E-state index contributed by atoms with van der Waals surface area (Å²) in [6, 6.07) is 5.29. The second-order valence-electron chi connectivity index (χ2n) is 4.59. The van der Waals surface area contributed by atoms with Gasteiger partial charge in [-0.1, -0.05) is 19.1 Å². The first-order valence-corrected chi connectivity index (χ1v) is 5.76. The van der Waals surface area contributed by atoms with Crippen molar-refractivity contribution in [2.75, 3.05) is 13.2 Å². The third-order valence-corrected chi connectivity index (χ3v) is 3.16. The molecule has 0 amide bonds. The largest absolute Gasteiger partial charge is 0.481 e. The fourth-order valence-corrected chi connectivity index (χ4v) is 2.05. The number of rotatable bonds is 6. The number of carboxylic acids is 1. The van der Waals surface area contributed by atoms with E-state index < -0.39 is 17.2 Å². The van der Waals surface area contributed by atoms with E-state index in [1.807, 2.05) is 0 Å². The lowest BCUT2D eigenvalue weighted by atomic mass is 9.74. The molecule has 1 rings (SSSR count). The van der Waals surface area contributed by atoms with Crippen molar-refractivity contribution in [2.24, 2.45) is 11.7 Å². The minimum absolute atomic E-state index is 0.0989. The van der Waals surface area contributed by atoms with E-state index >= 15 is 0 Å². The van der Waals surface area contributed by atoms with Gasteiger partial charge in [0.2, 0.25) is 0 Å². The Bertz CT molecular complexity index is 407. The van der Waals surface area contributed by atoms with Crippen LogP contribution in [0.25, 0.3) is 0 Å². The molecule has 0 radical (unpaired) electrons. The van der Waals surface area contributed by atoms with E-state index in [0.29, 0.717) is 5.56 Å². The quantitative estimate of drug-likeness (QED) is 0.711. The number of aliphatic hydroxyl groups is 1. The first-order chi connectivity index (χ1) is 8.46. The number of benzene rings is 1. The lowest BCUT2D eigenvalue weighted by molar-refractivity contribution is -0.144. The molecule has 0 heterocycles. The summed E-state index contributed by atoms with van der Waals surface area (Å²) in [6.07, 6.45) is 0.209. The third-order valence-electron chi connectivity index (χ3n) is 3.16. The van der Waals surface area contributed by atoms with Crippen LogP contribution in [0.4, 0.5) is 4.39 Å². The molecule has 0 aromatic heterocycles. The van der Waals surface area contributed by atoms with Crippen molar-refractivity contribution in [2.45, 2.75) is 18.8 Å². The van der Waals surface area contributed by atoms with Crippen molar-refractivity contribution < 1.29 is 19.4 Å². The van der Waals surface area contributed by atoms with Gasteiger partial charge in [-0.25, -0.2) is 4.39 Å². The second-order valence-corrected chi connectivity index (χ2v) is 4.59. The van der Waals surface area contributed by atoms with Crippen LogP contribution in [0.3, 0.4) is 0 Å². The number of aliphatic carboxylic acids is 1. The predicted molar refractivity (Wildman–Crippen MR) is 65.6 cm³/mol. The SMILES string of the molecule is CC(CO)CC(CN)(C(=O)O)c1ccc(F)cc1. The molecular weight excluding hydrogens is 237 g/mol. The number of hydrogen-bond donors (Lipinski definition) is 3. The number of aliphatic hydroxyl groups excluding tert-OH is 1. The Morgan fingerprint density at radius 3 is 2.39 bits per heavy atom. The maximum atomic E-state index is 12.9. The molecule has 5 heteroatoms. The van der Waals surface area contributed by atoms with Crippen molar-refractivity contribution in [3.8, 4) is 0 Å². The highest BCUT2D eigenvalue weighted by atomic mass is 19.1. The van der Waals surface area contributed by atoms with Crippen LogP contribution >= 0.6 is 0 Å². The van der Waals surface area contributed by atoms with Crippen LogP contribution in [-0.2, 0) is 10.2 Å². The van der Waals surface area contributed by atoms with E-state index in [-0.39, 0.29) is 25.5 Å². The van der Waals surface area contributed by atoms with Crippen LogP contribution in [0.15, 0.2) is 24.3 Å². The van der Waals surface area contributed by atoms with Crippen molar-refractivity contribution in [1.82, 2.24) is 0 Å². The Balaban J connectivity index is 3.18. The molecule has 2 unspecified atom stereocenters. The van der Waals surface area contributed by atoms with Gasteiger partial charge in [0, 0.05) is 13.2 Å². The summed E-state index contributed by atoms with van der Waals surface area (Å²) in [5, 5.41) is 18.5. The molecular formula is C13H18FNO3. The maximum absolute atomic E-state index is 12.9. The van der Waals surface area contributed by atoms with Gasteiger partial charge < -0.3 is 15.9 Å². The molecule has 100 valence electrons. The van der Waals surface area contributed by atoms with Crippen LogP contribution < -0.4 is 5.73 Å². The molecule has 4 nitrogen and oxygen atoms in total. The van der Waals surface area contributed by atoms with E-state index in [4.69, 9.17) is 10.8 Å². The number of halogens is 1. The van der Waals surface area contributed by atoms with Crippen LogP contribution in [0.1, 0.15) is 18.9 Å². The maximum Gasteiger partial charge on any atom is 0.315 e. The standard InChI is InChI=1S/C13H18FNO3/c1-9(7-16)6-13(8-15,12(17)18)10-2-4-11(14)5-3-10/h2-5,9,16H,6-8,15H2,1H3,(H,17,18). The van der Waals surface area contributed by atoms with Crippen molar-refractivity contribution >= 4 is 5.97 Å². The summed E-state index contributed by atoms with van der Waals surface area (Å²) >= 11 is 0. The second kappa shape index (κ2) is 5.93. The van der Waals surface area contributed by atoms with Gasteiger partial charge in [-0.2, -0.15) is 0 Å². The topological polar surface area (TPSA) is 83.5 Å². The molecule has 1 aromatic rings. The molecule has 2 atom stereocenters. The Kier molecular flexibility index (Phi) is 4.81. The van der Waals surface area contributed by atoms with Crippen LogP contribution in [0.2, 0.25) is 0 Å². The fraction of sp³-hybridized carbons (Fsp3) is 0.462. The highest BCUT2D eigenvalue weighted by molar-refractivity contribution is 5.81. The van der Waals surface area contributed by atoms with E-state index in [1.165, 1.54) is 24.3 Å². The van der Waals surface area contributed by atoms with Crippen molar-refractivity contribution in [3.63, 3.8) is 0 Å². The predicted octanol–water partition coefficient (Wildman–Crippen LogP) is 1.13. The highest BCUT2D eigenvalue weighted by Crippen LogP contribution is 2.31. The smallest absolute Gasteiger partial charge is 0.315 e. The summed E-state index contributed by atoms with van der Waals surface area (Å²) in [5.74, 6) is -1.68. The Morgan fingerprint density at radius 2 is 2.00 bits per heavy atom. The minimum atomic E-state index is -1.28. The number of carbonyl (C=O) groups is 1. The molecule has 0 aliphatic carbocycles. The van der Waals surface area contributed by atoms with Gasteiger partial charge in [0.1, 0.15) is 11.2 Å². The van der Waals surface area contributed by atoms with Gasteiger partial charge in [-0.3, -0.25) is 4.79 Å². The lowest BCUT2D eigenvalue weighted by Gasteiger charge is -2.30. The van der Waals surface area contributed by atoms with Crippen LogP contribution in [-0.4, -0.2) is 29.3 Å². The summed E-state index contributed by atoms with van der Waals surface area (Å²) in [5.41, 5.74) is 4.80. The Morgan fingerprint density at radius 1 is 1.44 bits per heavy atom. The molecule has 4 N–H and O–H groups in total. The zero-order valence-electron chi connectivity index (χ0n) is 10.3.